The molecular formula is C15H15ClN4O. The molecule has 5 nitrogen and oxygen atoms in total. The topological polar surface area (TPSA) is 70.7 Å². The van der Waals surface area contributed by atoms with E-state index < -0.39 is 0 Å². The van der Waals surface area contributed by atoms with Crippen LogP contribution in [0.3, 0.4) is 0 Å². The van der Waals surface area contributed by atoms with Gasteiger partial charge < -0.3 is 5.32 Å². The van der Waals surface area contributed by atoms with Gasteiger partial charge in [0.25, 0.3) is 5.91 Å². The second-order valence-electron chi connectivity index (χ2n) is 4.77. The van der Waals surface area contributed by atoms with E-state index in [4.69, 9.17) is 16.9 Å². The van der Waals surface area contributed by atoms with Crippen LogP contribution >= 0.6 is 11.6 Å². The van der Waals surface area contributed by atoms with Gasteiger partial charge in [0, 0.05) is 11.1 Å². The Labute approximate surface area is 128 Å². The van der Waals surface area contributed by atoms with Crippen LogP contribution in [0, 0.1) is 18.3 Å². The molecule has 1 aromatic heterocycles. The summed E-state index contributed by atoms with van der Waals surface area (Å²) >= 11 is 5.97. The van der Waals surface area contributed by atoms with E-state index in [1.54, 1.807) is 23.7 Å². The Kier molecular flexibility index (Phi) is 4.61. The van der Waals surface area contributed by atoms with Gasteiger partial charge in [-0.3, -0.25) is 4.79 Å². The lowest BCUT2D eigenvalue weighted by molar-refractivity contribution is 0.0940. The maximum absolute atomic E-state index is 12.2. The third kappa shape index (κ3) is 3.41. The summed E-state index contributed by atoms with van der Waals surface area (Å²) in [5, 5.41) is 16.2. The van der Waals surface area contributed by atoms with Crippen molar-refractivity contribution in [2.24, 2.45) is 0 Å². The van der Waals surface area contributed by atoms with Crippen LogP contribution in [0.1, 0.15) is 29.4 Å². The highest BCUT2D eigenvalue weighted by molar-refractivity contribution is 6.30. The molecule has 1 N–H and O–H groups in total. The van der Waals surface area contributed by atoms with Crippen molar-refractivity contribution < 1.29 is 4.79 Å². The molecule has 0 unspecified atom stereocenters. The molecule has 0 bridgehead atoms. The van der Waals surface area contributed by atoms with Gasteiger partial charge in [0.15, 0.2) is 0 Å². The molecule has 2 aromatic rings. The van der Waals surface area contributed by atoms with Gasteiger partial charge in [-0.25, -0.2) is 4.68 Å². The maximum Gasteiger partial charge on any atom is 0.255 e. The van der Waals surface area contributed by atoms with Crippen molar-refractivity contribution in [3.63, 3.8) is 0 Å². The molecule has 0 aliphatic carbocycles. The molecule has 21 heavy (non-hydrogen) atoms. The molecule has 1 atom stereocenters. The number of carbonyl (C=O) groups is 1. The summed E-state index contributed by atoms with van der Waals surface area (Å²) in [5.74, 6) is -0.233. The average molecular weight is 303 g/mol. The van der Waals surface area contributed by atoms with E-state index in [1.165, 1.54) is 6.20 Å². The largest absolute Gasteiger partial charge is 0.348 e. The predicted molar refractivity (Wildman–Crippen MR) is 80.5 cm³/mol. The molecule has 0 saturated carbocycles. The van der Waals surface area contributed by atoms with Crippen LogP contribution in [0.4, 0.5) is 0 Å². The first-order valence-corrected chi connectivity index (χ1v) is 6.89. The predicted octanol–water partition coefficient (Wildman–Crippen LogP) is 2.87. The molecule has 0 spiro atoms. The minimum Gasteiger partial charge on any atom is -0.348 e. The smallest absolute Gasteiger partial charge is 0.255 e. The minimum absolute atomic E-state index is 0.198. The Bertz CT molecular complexity index is 702. The zero-order chi connectivity index (χ0) is 15.4. The number of rotatable bonds is 4. The number of benzene rings is 1. The number of nitrogens with zero attached hydrogens (tertiary/aromatic N) is 3. The van der Waals surface area contributed by atoms with E-state index >= 15 is 0 Å². The second-order valence-corrected chi connectivity index (χ2v) is 5.21. The van der Waals surface area contributed by atoms with Crippen LogP contribution in [-0.2, 0) is 0 Å². The third-order valence-electron chi connectivity index (χ3n) is 3.08. The van der Waals surface area contributed by atoms with E-state index in [1.807, 2.05) is 25.1 Å². The second kappa shape index (κ2) is 6.42. The molecule has 6 heteroatoms. The zero-order valence-electron chi connectivity index (χ0n) is 11.8. The van der Waals surface area contributed by atoms with E-state index in [-0.39, 0.29) is 18.4 Å². The Morgan fingerprint density at radius 1 is 1.57 bits per heavy atom. The lowest BCUT2D eigenvalue weighted by Crippen LogP contribution is -2.32. The van der Waals surface area contributed by atoms with Gasteiger partial charge in [-0.05, 0) is 32.0 Å². The van der Waals surface area contributed by atoms with E-state index in [0.717, 1.165) is 11.4 Å². The molecule has 1 aromatic carbocycles. The Morgan fingerprint density at radius 2 is 2.33 bits per heavy atom. The molecule has 1 heterocycles. The monoisotopic (exact) mass is 302 g/mol. The summed E-state index contributed by atoms with van der Waals surface area (Å²) in [6, 6.07) is 9.08. The number of amides is 1. The highest BCUT2D eigenvalue weighted by Crippen LogP contribution is 2.18. The van der Waals surface area contributed by atoms with Gasteiger partial charge in [-0.2, -0.15) is 10.4 Å². The molecule has 0 aliphatic heterocycles. The number of hydrogen-bond acceptors (Lipinski definition) is 3. The van der Waals surface area contributed by atoms with Crippen LogP contribution in [0.15, 0.2) is 30.5 Å². The average Bonchev–Trinajstić information content (AvgIpc) is 2.81. The summed E-state index contributed by atoms with van der Waals surface area (Å²) in [7, 11) is 0. The first kappa shape index (κ1) is 15.1. The van der Waals surface area contributed by atoms with Gasteiger partial charge in [-0.1, -0.05) is 17.7 Å². The molecule has 0 radical (unpaired) electrons. The SMILES string of the molecule is Cc1c(C(=O)N[C@@H](C)CC#N)cnn1-c1cccc(Cl)c1. The first-order valence-electron chi connectivity index (χ1n) is 6.51. The molecule has 108 valence electrons. The Balaban J connectivity index is 2.25. The summed E-state index contributed by atoms with van der Waals surface area (Å²) < 4.78 is 1.66. The molecule has 0 aliphatic rings. The van der Waals surface area contributed by atoms with Crippen LogP contribution in [0.5, 0.6) is 0 Å². The van der Waals surface area contributed by atoms with Gasteiger partial charge in [0.1, 0.15) is 0 Å². The van der Waals surface area contributed by atoms with Crippen LogP contribution in [0.25, 0.3) is 5.69 Å². The number of carbonyl (C=O) groups excluding carboxylic acids is 1. The van der Waals surface area contributed by atoms with Gasteiger partial charge in [0.2, 0.25) is 0 Å². The molecule has 0 saturated heterocycles. The fraction of sp³-hybridized carbons (Fsp3) is 0.267. The fourth-order valence-corrected chi connectivity index (χ4v) is 2.17. The number of nitriles is 1. The van der Waals surface area contributed by atoms with Crippen molar-refractivity contribution in [1.29, 1.82) is 5.26 Å². The minimum atomic E-state index is -0.233. The van der Waals surface area contributed by atoms with Crippen molar-refractivity contribution in [3.05, 3.63) is 46.7 Å². The Morgan fingerprint density at radius 3 is 3.00 bits per heavy atom. The van der Waals surface area contributed by atoms with Gasteiger partial charge in [0.05, 0.1) is 35.6 Å². The summed E-state index contributed by atoms with van der Waals surface area (Å²) in [5.41, 5.74) is 2.00. The highest BCUT2D eigenvalue weighted by Gasteiger charge is 2.16. The number of aromatic nitrogens is 2. The van der Waals surface area contributed by atoms with Crippen LogP contribution < -0.4 is 5.32 Å². The fourth-order valence-electron chi connectivity index (χ4n) is 1.99. The van der Waals surface area contributed by atoms with E-state index in [2.05, 4.69) is 10.4 Å². The third-order valence-corrected chi connectivity index (χ3v) is 3.32. The quantitative estimate of drug-likeness (QED) is 0.944. The van der Waals surface area contributed by atoms with Crippen molar-refractivity contribution in [1.82, 2.24) is 15.1 Å². The maximum atomic E-state index is 12.2. The first-order chi connectivity index (χ1) is 10.0. The van der Waals surface area contributed by atoms with E-state index in [9.17, 15) is 4.79 Å². The zero-order valence-corrected chi connectivity index (χ0v) is 12.6. The summed E-state index contributed by atoms with van der Waals surface area (Å²) in [6.45, 7) is 3.61. The highest BCUT2D eigenvalue weighted by atomic mass is 35.5. The van der Waals surface area contributed by atoms with E-state index in [0.29, 0.717) is 10.6 Å². The standard InChI is InChI=1S/C15H15ClN4O/c1-10(6-7-17)19-15(21)14-9-18-20(11(14)2)13-5-3-4-12(16)8-13/h3-5,8-10H,6H2,1-2H3,(H,19,21)/t10-/m0/s1. The lowest BCUT2D eigenvalue weighted by atomic mass is 10.2. The molecule has 2 rings (SSSR count). The van der Waals surface area contributed by atoms with Crippen LogP contribution in [-0.4, -0.2) is 21.7 Å². The van der Waals surface area contributed by atoms with Gasteiger partial charge in [-0.15, -0.1) is 0 Å². The Hall–Kier alpha value is -2.32. The molecule has 1 amide bonds. The van der Waals surface area contributed by atoms with Crippen molar-refractivity contribution in [3.8, 4) is 11.8 Å². The van der Waals surface area contributed by atoms with Crippen molar-refractivity contribution >= 4 is 17.5 Å². The summed E-state index contributed by atoms with van der Waals surface area (Å²) in [4.78, 5) is 12.2. The van der Waals surface area contributed by atoms with Crippen molar-refractivity contribution in [2.45, 2.75) is 26.3 Å². The lowest BCUT2D eigenvalue weighted by Gasteiger charge is -2.10. The molecule has 0 fully saturated rings. The van der Waals surface area contributed by atoms with Gasteiger partial charge >= 0.3 is 0 Å². The normalized spacial score (nSPS) is 11.7. The summed E-state index contributed by atoms with van der Waals surface area (Å²) in [6.07, 6.45) is 1.79. The number of hydrogen-bond donors (Lipinski definition) is 1. The number of halogens is 1. The van der Waals surface area contributed by atoms with Crippen LogP contribution in [0.2, 0.25) is 5.02 Å². The van der Waals surface area contributed by atoms with Crippen molar-refractivity contribution in [2.75, 3.05) is 0 Å². The number of nitrogens with one attached hydrogen (secondary N) is 1. The molecular weight excluding hydrogens is 288 g/mol.